The molecule has 1 amide bonds. The monoisotopic (exact) mass is 263 g/mol. The number of aromatic nitrogens is 1. The van der Waals surface area contributed by atoms with Gasteiger partial charge in [0.2, 0.25) is 0 Å². The Hall–Kier alpha value is -2.11. The number of piperidine rings is 1. The molecule has 0 saturated carbocycles. The van der Waals surface area contributed by atoms with Crippen molar-refractivity contribution in [2.75, 3.05) is 11.4 Å². The zero-order valence-electron chi connectivity index (χ0n) is 10.8. The van der Waals surface area contributed by atoms with Crippen LogP contribution in [-0.4, -0.2) is 34.6 Å². The van der Waals surface area contributed by atoms with E-state index in [0.717, 1.165) is 18.5 Å². The third-order valence-corrected chi connectivity index (χ3v) is 3.34. The maximum absolute atomic E-state index is 11.5. The van der Waals surface area contributed by atoms with Crippen LogP contribution in [0, 0.1) is 6.92 Å². The first-order valence-corrected chi connectivity index (χ1v) is 6.27. The molecule has 2 heterocycles. The molecule has 1 aliphatic rings. The molecule has 0 spiro atoms. The normalized spacial score (nSPS) is 19.2. The number of anilines is 1. The molecule has 0 radical (unpaired) electrons. The van der Waals surface area contributed by atoms with Crippen LogP contribution in [0.5, 0.6) is 0 Å². The van der Waals surface area contributed by atoms with Crippen LogP contribution in [0.1, 0.15) is 35.3 Å². The number of hydrogen-bond donors (Lipinski definition) is 2. The van der Waals surface area contributed by atoms with Crippen molar-refractivity contribution >= 4 is 17.7 Å². The van der Waals surface area contributed by atoms with E-state index in [1.807, 2.05) is 0 Å². The van der Waals surface area contributed by atoms with Crippen LogP contribution in [0.4, 0.5) is 5.82 Å². The van der Waals surface area contributed by atoms with Crippen LogP contribution in [0.2, 0.25) is 0 Å². The van der Waals surface area contributed by atoms with Crippen LogP contribution in [0.3, 0.4) is 0 Å². The molecule has 0 aromatic carbocycles. The lowest BCUT2D eigenvalue weighted by Gasteiger charge is -2.34. The van der Waals surface area contributed by atoms with E-state index in [2.05, 4.69) is 4.98 Å². The van der Waals surface area contributed by atoms with E-state index < -0.39 is 17.9 Å². The number of aryl methyl sites for hydroxylation is 1. The van der Waals surface area contributed by atoms with Gasteiger partial charge >= 0.3 is 5.97 Å². The Kier molecular flexibility index (Phi) is 3.69. The van der Waals surface area contributed by atoms with Gasteiger partial charge in [-0.05, 0) is 38.3 Å². The molecule has 0 bridgehead atoms. The van der Waals surface area contributed by atoms with Crippen LogP contribution in [-0.2, 0) is 4.79 Å². The van der Waals surface area contributed by atoms with Gasteiger partial charge in [0.05, 0.1) is 5.56 Å². The summed E-state index contributed by atoms with van der Waals surface area (Å²) in [5, 5.41) is 9.28. The van der Waals surface area contributed by atoms with Crippen LogP contribution < -0.4 is 10.6 Å². The molecule has 1 aromatic heterocycles. The highest BCUT2D eigenvalue weighted by molar-refractivity contribution is 5.98. The minimum atomic E-state index is -0.890. The summed E-state index contributed by atoms with van der Waals surface area (Å²) in [6, 6.07) is 2.66. The third kappa shape index (κ3) is 2.67. The average molecular weight is 263 g/mol. The second kappa shape index (κ2) is 5.26. The van der Waals surface area contributed by atoms with E-state index in [0.29, 0.717) is 18.8 Å². The Labute approximate surface area is 111 Å². The number of pyridine rings is 1. The lowest BCUT2D eigenvalue weighted by atomic mass is 10.0. The Bertz CT molecular complexity index is 516. The molecule has 6 nitrogen and oxygen atoms in total. The van der Waals surface area contributed by atoms with Crippen molar-refractivity contribution in [1.82, 2.24) is 4.98 Å². The highest BCUT2D eigenvalue weighted by atomic mass is 16.4. The molecule has 1 aliphatic heterocycles. The predicted molar refractivity (Wildman–Crippen MR) is 70.1 cm³/mol. The highest BCUT2D eigenvalue weighted by Crippen LogP contribution is 2.26. The maximum atomic E-state index is 11.5. The molecular weight excluding hydrogens is 246 g/mol. The van der Waals surface area contributed by atoms with Gasteiger partial charge in [0.15, 0.2) is 0 Å². The molecule has 1 unspecified atom stereocenters. The summed E-state index contributed by atoms with van der Waals surface area (Å²) in [7, 11) is 0. The fourth-order valence-electron chi connectivity index (χ4n) is 2.40. The van der Waals surface area contributed by atoms with Crippen LogP contribution >= 0.6 is 0 Å². The van der Waals surface area contributed by atoms with Gasteiger partial charge in [0.25, 0.3) is 5.91 Å². The van der Waals surface area contributed by atoms with Crippen molar-refractivity contribution in [2.24, 2.45) is 5.73 Å². The van der Waals surface area contributed by atoms with Crippen molar-refractivity contribution in [1.29, 1.82) is 0 Å². The van der Waals surface area contributed by atoms with Gasteiger partial charge in [0, 0.05) is 12.2 Å². The smallest absolute Gasteiger partial charge is 0.326 e. The molecule has 2 rings (SSSR count). The summed E-state index contributed by atoms with van der Waals surface area (Å²) in [6.07, 6.45) is 2.31. The van der Waals surface area contributed by atoms with E-state index in [1.54, 1.807) is 24.0 Å². The zero-order chi connectivity index (χ0) is 14.0. The number of nitrogens with zero attached hydrogens (tertiary/aromatic N) is 2. The van der Waals surface area contributed by atoms with E-state index >= 15 is 0 Å². The number of primary amides is 1. The summed E-state index contributed by atoms with van der Waals surface area (Å²) >= 11 is 0. The second-order valence-electron chi connectivity index (χ2n) is 4.73. The SMILES string of the molecule is Cc1ccc(C(N)=O)c(N2CCCCC2C(=O)O)n1. The molecule has 3 N–H and O–H groups in total. The number of rotatable bonds is 3. The van der Waals surface area contributed by atoms with Crippen molar-refractivity contribution in [3.05, 3.63) is 23.4 Å². The average Bonchev–Trinajstić information content (AvgIpc) is 2.38. The molecule has 1 aromatic rings. The number of hydrogen-bond acceptors (Lipinski definition) is 4. The van der Waals surface area contributed by atoms with Gasteiger partial charge in [0.1, 0.15) is 11.9 Å². The molecule has 1 fully saturated rings. The van der Waals surface area contributed by atoms with E-state index in [1.165, 1.54) is 0 Å². The minimum Gasteiger partial charge on any atom is -0.480 e. The molecule has 19 heavy (non-hydrogen) atoms. The van der Waals surface area contributed by atoms with Gasteiger partial charge in [-0.1, -0.05) is 0 Å². The summed E-state index contributed by atoms with van der Waals surface area (Å²) in [4.78, 5) is 28.8. The summed E-state index contributed by atoms with van der Waals surface area (Å²) < 4.78 is 0. The fourth-order valence-corrected chi connectivity index (χ4v) is 2.40. The lowest BCUT2D eigenvalue weighted by Crippen LogP contribution is -2.46. The van der Waals surface area contributed by atoms with Crippen LogP contribution in [0.25, 0.3) is 0 Å². The highest BCUT2D eigenvalue weighted by Gasteiger charge is 2.31. The number of carbonyl (C=O) groups excluding carboxylic acids is 1. The first kappa shape index (κ1) is 13.3. The topological polar surface area (TPSA) is 96.5 Å². The van der Waals surface area contributed by atoms with E-state index in [9.17, 15) is 14.7 Å². The summed E-state index contributed by atoms with van der Waals surface area (Å²) in [6.45, 7) is 2.38. The molecule has 0 aliphatic carbocycles. The Balaban J connectivity index is 2.46. The number of aliphatic carboxylic acids is 1. The number of amides is 1. The first-order chi connectivity index (χ1) is 9.00. The van der Waals surface area contributed by atoms with Gasteiger partial charge in [-0.2, -0.15) is 0 Å². The Morgan fingerprint density at radius 3 is 2.79 bits per heavy atom. The number of carboxylic acid groups (broad SMARTS) is 1. The zero-order valence-corrected chi connectivity index (χ0v) is 10.8. The van der Waals surface area contributed by atoms with E-state index in [4.69, 9.17) is 5.73 Å². The van der Waals surface area contributed by atoms with Crippen LogP contribution in [0.15, 0.2) is 12.1 Å². The van der Waals surface area contributed by atoms with Crippen molar-refractivity contribution in [3.8, 4) is 0 Å². The van der Waals surface area contributed by atoms with Gasteiger partial charge < -0.3 is 15.7 Å². The molecule has 1 atom stereocenters. The van der Waals surface area contributed by atoms with Crippen molar-refractivity contribution < 1.29 is 14.7 Å². The molecule has 102 valence electrons. The van der Waals surface area contributed by atoms with Gasteiger partial charge in [-0.3, -0.25) is 4.79 Å². The standard InChI is InChI=1S/C13H17N3O3/c1-8-5-6-9(11(14)17)12(15-8)16-7-3-2-4-10(16)13(18)19/h5-6,10H,2-4,7H2,1H3,(H2,14,17)(H,18,19). The third-order valence-electron chi connectivity index (χ3n) is 3.34. The number of nitrogens with two attached hydrogens (primary N) is 1. The summed E-state index contributed by atoms with van der Waals surface area (Å²) in [5.41, 5.74) is 6.35. The number of carbonyl (C=O) groups is 2. The van der Waals surface area contributed by atoms with Crippen molar-refractivity contribution in [3.63, 3.8) is 0 Å². The molecule has 6 heteroatoms. The minimum absolute atomic E-state index is 0.277. The fraction of sp³-hybridized carbons (Fsp3) is 0.462. The Morgan fingerprint density at radius 2 is 2.16 bits per heavy atom. The van der Waals surface area contributed by atoms with E-state index in [-0.39, 0.29) is 5.56 Å². The predicted octanol–water partition coefficient (Wildman–Crippen LogP) is 0.932. The molecular formula is C13H17N3O3. The largest absolute Gasteiger partial charge is 0.480 e. The lowest BCUT2D eigenvalue weighted by molar-refractivity contribution is -0.139. The van der Waals surface area contributed by atoms with Gasteiger partial charge in [-0.25, -0.2) is 9.78 Å². The summed E-state index contributed by atoms with van der Waals surface area (Å²) in [5.74, 6) is -1.09. The molecule has 1 saturated heterocycles. The quantitative estimate of drug-likeness (QED) is 0.845. The number of carboxylic acids is 1. The van der Waals surface area contributed by atoms with Crippen molar-refractivity contribution in [2.45, 2.75) is 32.2 Å². The van der Waals surface area contributed by atoms with Gasteiger partial charge in [-0.15, -0.1) is 0 Å². The second-order valence-corrected chi connectivity index (χ2v) is 4.73. The first-order valence-electron chi connectivity index (χ1n) is 6.27. The Morgan fingerprint density at radius 1 is 1.42 bits per heavy atom. The maximum Gasteiger partial charge on any atom is 0.326 e.